The average Bonchev–Trinajstić information content (AvgIpc) is 2.93. The van der Waals surface area contributed by atoms with Gasteiger partial charge in [-0.05, 0) is 43.5 Å². The van der Waals surface area contributed by atoms with Crippen LogP contribution in [0.3, 0.4) is 0 Å². The topological polar surface area (TPSA) is 75.4 Å². The molecule has 2 aromatic rings. The van der Waals surface area contributed by atoms with Crippen LogP contribution in [0.1, 0.15) is 26.0 Å². The first-order valence-electron chi connectivity index (χ1n) is 7.59. The normalized spacial score (nSPS) is 13.6. The molecule has 1 amide bonds. The van der Waals surface area contributed by atoms with Crippen molar-refractivity contribution >= 4 is 5.91 Å². The molecule has 2 N–H and O–H groups in total. The second-order valence-corrected chi connectivity index (χ2v) is 5.82. The Morgan fingerprint density at radius 2 is 2.04 bits per heavy atom. The van der Waals surface area contributed by atoms with E-state index in [1.807, 2.05) is 6.92 Å². The maximum absolute atomic E-state index is 12.9. The summed E-state index contributed by atoms with van der Waals surface area (Å²) in [6.45, 7) is 4.20. The minimum Gasteiger partial charge on any atom is -0.444 e. The zero-order chi connectivity index (χ0) is 16.8. The number of nitrogens with one attached hydrogen (secondary N) is 1. The molecular formula is C17H21FN2O3. The first-order chi connectivity index (χ1) is 10.9. The Morgan fingerprint density at radius 3 is 2.70 bits per heavy atom. The number of benzene rings is 1. The van der Waals surface area contributed by atoms with Crippen molar-refractivity contribution in [2.45, 2.75) is 32.8 Å². The largest absolute Gasteiger partial charge is 0.444 e. The first kappa shape index (κ1) is 17.1. The zero-order valence-electron chi connectivity index (χ0n) is 13.3. The van der Waals surface area contributed by atoms with Crippen molar-refractivity contribution in [3.05, 3.63) is 42.0 Å². The third-order valence-electron chi connectivity index (χ3n) is 3.38. The van der Waals surface area contributed by atoms with Crippen LogP contribution in [0.25, 0.3) is 11.5 Å². The summed E-state index contributed by atoms with van der Waals surface area (Å²) < 4.78 is 18.2. The van der Waals surface area contributed by atoms with E-state index in [1.54, 1.807) is 19.1 Å². The minimum absolute atomic E-state index is 0.117. The summed E-state index contributed by atoms with van der Waals surface area (Å²) >= 11 is 0. The van der Waals surface area contributed by atoms with E-state index < -0.39 is 0 Å². The predicted molar refractivity (Wildman–Crippen MR) is 84.1 cm³/mol. The van der Waals surface area contributed by atoms with Gasteiger partial charge in [-0.25, -0.2) is 9.37 Å². The van der Waals surface area contributed by atoms with Crippen LogP contribution in [0.4, 0.5) is 4.39 Å². The van der Waals surface area contributed by atoms with Gasteiger partial charge in [0.05, 0.1) is 18.2 Å². The molecule has 23 heavy (non-hydrogen) atoms. The van der Waals surface area contributed by atoms with Crippen LogP contribution in [0.15, 0.2) is 34.9 Å². The number of carbonyl (C=O) groups is 1. The molecule has 6 heteroatoms. The zero-order valence-corrected chi connectivity index (χ0v) is 13.3. The maximum atomic E-state index is 12.9. The number of oxazole rings is 1. The second kappa shape index (κ2) is 7.87. The third kappa shape index (κ3) is 5.49. The van der Waals surface area contributed by atoms with Gasteiger partial charge in [0.2, 0.25) is 11.8 Å². The SMILES string of the molecule is CC(O)CC(C)CNC(=O)Cc1coc(-c2ccc(F)cc2)n1. The summed E-state index contributed by atoms with van der Waals surface area (Å²) in [4.78, 5) is 16.1. The predicted octanol–water partition coefficient (Wildman–Crippen LogP) is 2.55. The van der Waals surface area contributed by atoms with Gasteiger partial charge in [-0.3, -0.25) is 4.79 Å². The number of hydrogen-bond acceptors (Lipinski definition) is 4. The van der Waals surface area contributed by atoms with E-state index >= 15 is 0 Å². The van der Waals surface area contributed by atoms with Gasteiger partial charge in [-0.15, -0.1) is 0 Å². The molecule has 0 saturated carbocycles. The molecule has 2 atom stereocenters. The number of rotatable bonds is 7. The van der Waals surface area contributed by atoms with E-state index in [0.717, 1.165) is 0 Å². The lowest BCUT2D eigenvalue weighted by atomic mass is 10.0. The average molecular weight is 320 g/mol. The Balaban J connectivity index is 1.86. The third-order valence-corrected chi connectivity index (χ3v) is 3.38. The monoisotopic (exact) mass is 320 g/mol. The van der Waals surface area contributed by atoms with Gasteiger partial charge in [0.25, 0.3) is 0 Å². The number of amides is 1. The number of carbonyl (C=O) groups excluding carboxylic acids is 1. The van der Waals surface area contributed by atoms with Gasteiger partial charge in [-0.2, -0.15) is 0 Å². The summed E-state index contributed by atoms with van der Waals surface area (Å²) in [7, 11) is 0. The van der Waals surface area contributed by atoms with Crippen molar-refractivity contribution < 1.29 is 18.7 Å². The highest BCUT2D eigenvalue weighted by atomic mass is 19.1. The Bertz CT molecular complexity index is 638. The summed E-state index contributed by atoms with van der Waals surface area (Å²) in [5.41, 5.74) is 1.17. The van der Waals surface area contributed by atoms with Gasteiger partial charge in [-0.1, -0.05) is 6.92 Å². The molecule has 1 aromatic heterocycles. The Kier molecular flexibility index (Phi) is 5.87. The van der Waals surface area contributed by atoms with E-state index in [4.69, 9.17) is 4.42 Å². The first-order valence-corrected chi connectivity index (χ1v) is 7.59. The van der Waals surface area contributed by atoms with Crippen molar-refractivity contribution in [3.63, 3.8) is 0 Å². The lowest BCUT2D eigenvalue weighted by molar-refractivity contribution is -0.120. The number of aliphatic hydroxyl groups excluding tert-OH is 1. The minimum atomic E-state index is -0.379. The van der Waals surface area contributed by atoms with E-state index in [-0.39, 0.29) is 30.2 Å². The number of halogens is 1. The van der Waals surface area contributed by atoms with Gasteiger partial charge < -0.3 is 14.8 Å². The maximum Gasteiger partial charge on any atom is 0.226 e. The van der Waals surface area contributed by atoms with Crippen molar-refractivity contribution in [3.8, 4) is 11.5 Å². The molecule has 0 aliphatic rings. The smallest absolute Gasteiger partial charge is 0.226 e. The van der Waals surface area contributed by atoms with Gasteiger partial charge in [0, 0.05) is 12.1 Å². The molecule has 5 nitrogen and oxygen atoms in total. The van der Waals surface area contributed by atoms with Crippen LogP contribution in [0.2, 0.25) is 0 Å². The molecule has 0 saturated heterocycles. The lowest BCUT2D eigenvalue weighted by Crippen LogP contribution is -2.30. The lowest BCUT2D eigenvalue weighted by Gasteiger charge is -2.13. The van der Waals surface area contributed by atoms with Crippen LogP contribution < -0.4 is 5.32 Å². The van der Waals surface area contributed by atoms with Crippen LogP contribution >= 0.6 is 0 Å². The van der Waals surface area contributed by atoms with Crippen LogP contribution in [0, 0.1) is 11.7 Å². The molecule has 124 valence electrons. The molecule has 0 aliphatic carbocycles. The van der Waals surface area contributed by atoms with Crippen molar-refractivity contribution in [2.24, 2.45) is 5.92 Å². The number of nitrogens with zero attached hydrogens (tertiary/aromatic N) is 1. The number of hydrogen-bond donors (Lipinski definition) is 2. The Morgan fingerprint density at radius 1 is 1.35 bits per heavy atom. The van der Waals surface area contributed by atoms with E-state index in [1.165, 1.54) is 18.4 Å². The van der Waals surface area contributed by atoms with Gasteiger partial charge >= 0.3 is 0 Å². The molecule has 1 aromatic carbocycles. The Hall–Kier alpha value is -2.21. The molecule has 0 spiro atoms. The Labute approximate surface area is 134 Å². The molecule has 2 rings (SSSR count). The summed E-state index contributed by atoms with van der Waals surface area (Å²) in [5, 5.41) is 12.1. The van der Waals surface area contributed by atoms with E-state index in [9.17, 15) is 14.3 Å². The quantitative estimate of drug-likeness (QED) is 0.822. The highest BCUT2D eigenvalue weighted by molar-refractivity contribution is 5.78. The van der Waals surface area contributed by atoms with E-state index in [2.05, 4.69) is 10.3 Å². The fourth-order valence-electron chi connectivity index (χ4n) is 2.29. The second-order valence-electron chi connectivity index (χ2n) is 5.82. The highest BCUT2D eigenvalue weighted by Crippen LogP contribution is 2.19. The molecule has 0 bridgehead atoms. The van der Waals surface area contributed by atoms with E-state index in [0.29, 0.717) is 30.1 Å². The fraction of sp³-hybridized carbons (Fsp3) is 0.412. The molecular weight excluding hydrogens is 299 g/mol. The summed E-state index contributed by atoms with van der Waals surface area (Å²) in [5.74, 6) is 0.0777. The number of aliphatic hydroxyl groups is 1. The van der Waals surface area contributed by atoms with Crippen LogP contribution in [-0.2, 0) is 11.2 Å². The van der Waals surface area contributed by atoms with Crippen LogP contribution in [-0.4, -0.2) is 28.6 Å². The van der Waals surface area contributed by atoms with Crippen LogP contribution in [0.5, 0.6) is 0 Å². The van der Waals surface area contributed by atoms with Crippen molar-refractivity contribution in [2.75, 3.05) is 6.54 Å². The van der Waals surface area contributed by atoms with Crippen molar-refractivity contribution in [1.29, 1.82) is 0 Å². The molecule has 1 heterocycles. The van der Waals surface area contributed by atoms with Crippen molar-refractivity contribution in [1.82, 2.24) is 10.3 Å². The van der Waals surface area contributed by atoms with Gasteiger partial charge in [0.15, 0.2) is 0 Å². The molecule has 0 aliphatic heterocycles. The molecule has 0 radical (unpaired) electrons. The fourth-order valence-corrected chi connectivity index (χ4v) is 2.29. The summed E-state index contributed by atoms with van der Waals surface area (Å²) in [6.07, 6.45) is 1.80. The number of aromatic nitrogens is 1. The highest BCUT2D eigenvalue weighted by Gasteiger charge is 2.12. The standard InChI is InChI=1S/C17H21FN2O3/c1-11(7-12(2)21)9-19-16(22)8-15-10-23-17(20-15)13-3-5-14(18)6-4-13/h3-6,10-12,21H,7-9H2,1-2H3,(H,19,22). The van der Waals surface area contributed by atoms with Gasteiger partial charge in [0.1, 0.15) is 12.1 Å². The summed E-state index contributed by atoms with van der Waals surface area (Å²) in [6, 6.07) is 5.80. The molecule has 2 unspecified atom stereocenters. The molecule has 0 fully saturated rings.